The number of thiophene rings is 1. The van der Waals surface area contributed by atoms with Crippen LogP contribution in [0.4, 0.5) is 5.69 Å². The Balaban J connectivity index is 1.54. The third kappa shape index (κ3) is 4.13. The Bertz CT molecular complexity index is 784. The lowest BCUT2D eigenvalue weighted by atomic mass is 10.3. The highest BCUT2D eigenvalue weighted by atomic mass is 32.1. The summed E-state index contributed by atoms with van der Waals surface area (Å²) in [5.74, 6) is 0.0426. The van der Waals surface area contributed by atoms with Crippen LogP contribution in [-0.2, 0) is 11.8 Å². The van der Waals surface area contributed by atoms with Gasteiger partial charge in [0.2, 0.25) is 5.91 Å². The van der Waals surface area contributed by atoms with Gasteiger partial charge in [-0.2, -0.15) is 16.4 Å². The number of carbonyl (C=O) groups is 2. The van der Waals surface area contributed by atoms with Crippen molar-refractivity contribution < 1.29 is 9.59 Å². The minimum absolute atomic E-state index is 0.0400. The fraction of sp³-hybridized carbons (Fsp3) is 0.500. The van der Waals surface area contributed by atoms with E-state index in [4.69, 9.17) is 0 Å². The largest absolute Gasteiger partial charge is 0.337 e. The summed E-state index contributed by atoms with van der Waals surface area (Å²) in [6.45, 7) is 7.05. The second kappa shape index (κ2) is 8.01. The number of nitrogens with one attached hydrogen (secondary N) is 1. The number of rotatable bonds is 4. The maximum Gasteiger partial charge on any atom is 0.254 e. The van der Waals surface area contributed by atoms with E-state index in [2.05, 4.69) is 15.3 Å². The fourth-order valence-electron chi connectivity index (χ4n) is 3.24. The van der Waals surface area contributed by atoms with Gasteiger partial charge < -0.3 is 10.2 Å². The van der Waals surface area contributed by atoms with Crippen LogP contribution < -0.4 is 5.32 Å². The van der Waals surface area contributed by atoms with E-state index in [1.54, 1.807) is 4.68 Å². The summed E-state index contributed by atoms with van der Waals surface area (Å²) in [6.07, 6.45) is 0.869. The van der Waals surface area contributed by atoms with Crippen molar-refractivity contribution in [2.45, 2.75) is 20.3 Å². The molecule has 0 bridgehead atoms. The first kappa shape index (κ1) is 18.6. The van der Waals surface area contributed by atoms with Crippen molar-refractivity contribution in [2.24, 2.45) is 7.05 Å². The lowest BCUT2D eigenvalue weighted by Gasteiger charge is -2.21. The molecule has 1 aliphatic rings. The lowest BCUT2D eigenvalue weighted by Crippen LogP contribution is -2.38. The monoisotopic (exact) mass is 375 g/mol. The molecule has 0 atom stereocenters. The molecule has 2 aromatic heterocycles. The Labute approximate surface area is 157 Å². The number of aryl methyl sites for hydroxylation is 2. The molecule has 1 fully saturated rings. The summed E-state index contributed by atoms with van der Waals surface area (Å²) < 4.78 is 1.77. The molecule has 26 heavy (non-hydrogen) atoms. The molecule has 1 saturated heterocycles. The molecule has 0 spiro atoms. The average molecular weight is 375 g/mol. The van der Waals surface area contributed by atoms with Gasteiger partial charge in [-0.15, -0.1) is 0 Å². The Morgan fingerprint density at radius 3 is 2.69 bits per heavy atom. The summed E-state index contributed by atoms with van der Waals surface area (Å²) in [4.78, 5) is 28.9. The summed E-state index contributed by atoms with van der Waals surface area (Å²) in [5.41, 5.74) is 3.31. The molecule has 0 aliphatic carbocycles. The first-order valence-electron chi connectivity index (χ1n) is 8.79. The Morgan fingerprint density at radius 1 is 1.23 bits per heavy atom. The molecule has 0 aromatic carbocycles. The van der Waals surface area contributed by atoms with E-state index >= 15 is 0 Å². The highest BCUT2D eigenvalue weighted by Gasteiger charge is 2.22. The number of amides is 2. The number of hydrogen-bond donors (Lipinski definition) is 1. The van der Waals surface area contributed by atoms with Gasteiger partial charge in [-0.1, -0.05) is 0 Å². The van der Waals surface area contributed by atoms with Crippen molar-refractivity contribution in [2.75, 3.05) is 38.0 Å². The second-order valence-corrected chi connectivity index (χ2v) is 7.43. The van der Waals surface area contributed by atoms with E-state index in [0.29, 0.717) is 19.6 Å². The summed E-state index contributed by atoms with van der Waals surface area (Å²) >= 11 is 1.53. The average Bonchev–Trinajstić information content (AvgIpc) is 3.14. The predicted molar refractivity (Wildman–Crippen MR) is 103 cm³/mol. The fourth-order valence-corrected chi connectivity index (χ4v) is 3.87. The summed E-state index contributed by atoms with van der Waals surface area (Å²) in [7, 11) is 1.87. The minimum atomic E-state index is -0.0400. The summed E-state index contributed by atoms with van der Waals surface area (Å²) in [5, 5.41) is 11.1. The lowest BCUT2D eigenvalue weighted by molar-refractivity contribution is -0.117. The van der Waals surface area contributed by atoms with Gasteiger partial charge in [0, 0.05) is 38.6 Å². The number of anilines is 1. The molecule has 7 nitrogen and oxygen atoms in total. The number of carbonyl (C=O) groups excluding carboxylic acids is 2. The van der Waals surface area contributed by atoms with Crippen LogP contribution in [0, 0.1) is 13.8 Å². The molecule has 0 unspecified atom stereocenters. The zero-order valence-electron chi connectivity index (χ0n) is 15.5. The molecular weight excluding hydrogens is 350 g/mol. The molecule has 0 saturated carbocycles. The third-order valence-corrected chi connectivity index (χ3v) is 5.47. The van der Waals surface area contributed by atoms with Gasteiger partial charge in [-0.3, -0.25) is 19.2 Å². The van der Waals surface area contributed by atoms with Crippen LogP contribution in [0.2, 0.25) is 0 Å². The molecule has 3 rings (SSSR count). The quantitative estimate of drug-likeness (QED) is 0.886. The SMILES string of the molecule is Cc1nn(C)c(C)c1NC(=O)CN1CCCN(C(=O)c2ccsc2)CC1. The molecule has 2 amide bonds. The van der Waals surface area contributed by atoms with Gasteiger partial charge >= 0.3 is 0 Å². The van der Waals surface area contributed by atoms with Gasteiger partial charge in [0.05, 0.1) is 29.2 Å². The normalized spacial score (nSPS) is 15.7. The van der Waals surface area contributed by atoms with Crippen LogP contribution in [0.15, 0.2) is 16.8 Å². The molecular formula is C18H25N5O2S. The van der Waals surface area contributed by atoms with E-state index in [1.807, 2.05) is 42.6 Å². The van der Waals surface area contributed by atoms with Gasteiger partial charge in [0.15, 0.2) is 0 Å². The van der Waals surface area contributed by atoms with Crippen LogP contribution in [0.5, 0.6) is 0 Å². The van der Waals surface area contributed by atoms with E-state index in [9.17, 15) is 9.59 Å². The third-order valence-electron chi connectivity index (χ3n) is 4.78. The van der Waals surface area contributed by atoms with E-state index < -0.39 is 0 Å². The second-order valence-electron chi connectivity index (χ2n) is 6.65. The van der Waals surface area contributed by atoms with Crippen molar-refractivity contribution in [1.82, 2.24) is 19.6 Å². The zero-order chi connectivity index (χ0) is 18.7. The summed E-state index contributed by atoms with van der Waals surface area (Å²) in [6, 6.07) is 1.86. The van der Waals surface area contributed by atoms with Crippen molar-refractivity contribution in [3.05, 3.63) is 33.8 Å². The van der Waals surface area contributed by atoms with Crippen molar-refractivity contribution in [3.8, 4) is 0 Å². The van der Waals surface area contributed by atoms with Gasteiger partial charge in [0.1, 0.15) is 0 Å². The Hall–Kier alpha value is -2.19. The molecule has 140 valence electrons. The van der Waals surface area contributed by atoms with Gasteiger partial charge in [-0.25, -0.2) is 0 Å². The molecule has 1 aliphatic heterocycles. The Morgan fingerprint density at radius 2 is 2.04 bits per heavy atom. The zero-order valence-corrected chi connectivity index (χ0v) is 16.3. The Kier molecular flexibility index (Phi) is 5.73. The first-order valence-corrected chi connectivity index (χ1v) is 9.74. The molecule has 1 N–H and O–H groups in total. The van der Waals surface area contributed by atoms with E-state index in [0.717, 1.165) is 42.1 Å². The predicted octanol–water partition coefficient (Wildman–Crippen LogP) is 1.89. The van der Waals surface area contributed by atoms with Crippen LogP contribution >= 0.6 is 11.3 Å². The highest BCUT2D eigenvalue weighted by molar-refractivity contribution is 7.08. The van der Waals surface area contributed by atoms with E-state index in [-0.39, 0.29) is 11.8 Å². The van der Waals surface area contributed by atoms with Gasteiger partial charge in [0.25, 0.3) is 5.91 Å². The van der Waals surface area contributed by atoms with Crippen molar-refractivity contribution in [3.63, 3.8) is 0 Å². The minimum Gasteiger partial charge on any atom is -0.337 e. The smallest absolute Gasteiger partial charge is 0.254 e. The van der Waals surface area contributed by atoms with E-state index in [1.165, 1.54) is 11.3 Å². The molecule has 8 heteroatoms. The van der Waals surface area contributed by atoms with Crippen LogP contribution in [0.1, 0.15) is 28.2 Å². The first-order chi connectivity index (χ1) is 12.5. The van der Waals surface area contributed by atoms with Crippen LogP contribution in [0.25, 0.3) is 0 Å². The molecule has 2 aromatic rings. The highest BCUT2D eigenvalue weighted by Crippen LogP contribution is 2.18. The maximum atomic E-state index is 12.5. The van der Waals surface area contributed by atoms with Gasteiger partial charge in [-0.05, 0) is 31.7 Å². The topological polar surface area (TPSA) is 70.5 Å². The van der Waals surface area contributed by atoms with Crippen molar-refractivity contribution >= 4 is 28.8 Å². The van der Waals surface area contributed by atoms with Crippen LogP contribution in [-0.4, -0.2) is 64.1 Å². The van der Waals surface area contributed by atoms with Crippen LogP contribution in [0.3, 0.4) is 0 Å². The number of aromatic nitrogens is 2. The number of nitrogens with zero attached hydrogens (tertiary/aromatic N) is 4. The molecule has 3 heterocycles. The van der Waals surface area contributed by atoms with Crippen molar-refractivity contribution in [1.29, 1.82) is 0 Å². The number of hydrogen-bond acceptors (Lipinski definition) is 5. The molecule has 0 radical (unpaired) electrons. The standard InChI is InChI=1S/C18H25N5O2S/c1-13-17(14(2)21(3)20-13)19-16(24)11-22-6-4-7-23(9-8-22)18(25)15-5-10-26-12-15/h5,10,12H,4,6-9,11H2,1-3H3,(H,19,24). The maximum absolute atomic E-state index is 12.5.